The van der Waals surface area contributed by atoms with Crippen LogP contribution in [0.15, 0.2) is 42.6 Å². The van der Waals surface area contributed by atoms with Crippen molar-refractivity contribution in [3.8, 4) is 11.5 Å². The standard InChI is InChI=1S/C23H25ClN2O3/c1-5-11-28-20-9-8-19(18-7-6-10-25-22(18)20)26-23(27)16(4)29-17-12-14(2)21(24)15(3)13-17/h6-10,12-13,16H,5,11H2,1-4H3,(H,26,27)/t16-/m1/s1. The van der Waals surface area contributed by atoms with Gasteiger partial charge in [-0.15, -0.1) is 0 Å². The third-order valence-corrected chi connectivity index (χ3v) is 5.14. The first-order chi connectivity index (χ1) is 13.9. The number of carbonyl (C=O) groups is 1. The van der Waals surface area contributed by atoms with Crippen molar-refractivity contribution in [2.75, 3.05) is 11.9 Å². The zero-order chi connectivity index (χ0) is 21.0. The molecule has 0 saturated heterocycles. The number of amides is 1. The number of hydrogen-bond acceptors (Lipinski definition) is 4. The Morgan fingerprint density at radius 3 is 2.62 bits per heavy atom. The first-order valence-electron chi connectivity index (χ1n) is 9.65. The van der Waals surface area contributed by atoms with Crippen LogP contribution in [-0.4, -0.2) is 23.6 Å². The number of anilines is 1. The molecule has 0 aliphatic heterocycles. The second kappa shape index (κ2) is 9.14. The van der Waals surface area contributed by atoms with Crippen molar-refractivity contribution in [1.29, 1.82) is 0 Å². The van der Waals surface area contributed by atoms with Gasteiger partial charge in [-0.2, -0.15) is 0 Å². The van der Waals surface area contributed by atoms with Crippen LogP contribution in [0.1, 0.15) is 31.4 Å². The molecule has 1 atom stereocenters. The van der Waals surface area contributed by atoms with Crippen LogP contribution in [0.3, 0.4) is 0 Å². The van der Waals surface area contributed by atoms with E-state index in [1.54, 1.807) is 13.1 Å². The van der Waals surface area contributed by atoms with Gasteiger partial charge in [0.25, 0.3) is 5.91 Å². The van der Waals surface area contributed by atoms with Gasteiger partial charge in [0, 0.05) is 16.6 Å². The molecule has 0 bridgehead atoms. The third kappa shape index (κ3) is 4.80. The molecule has 0 aliphatic rings. The summed E-state index contributed by atoms with van der Waals surface area (Å²) in [5.74, 6) is 1.07. The van der Waals surface area contributed by atoms with Crippen LogP contribution in [-0.2, 0) is 4.79 Å². The normalized spacial score (nSPS) is 11.9. The monoisotopic (exact) mass is 412 g/mol. The van der Waals surface area contributed by atoms with E-state index >= 15 is 0 Å². The van der Waals surface area contributed by atoms with E-state index in [2.05, 4.69) is 17.2 Å². The molecule has 3 rings (SSSR count). The van der Waals surface area contributed by atoms with E-state index in [1.165, 1.54) is 0 Å². The molecule has 0 fully saturated rings. The zero-order valence-electron chi connectivity index (χ0n) is 17.1. The second-order valence-corrected chi connectivity index (χ2v) is 7.36. The van der Waals surface area contributed by atoms with Crippen LogP contribution in [0.25, 0.3) is 10.9 Å². The summed E-state index contributed by atoms with van der Waals surface area (Å²) in [6.45, 7) is 8.20. The van der Waals surface area contributed by atoms with Gasteiger partial charge in [0.2, 0.25) is 0 Å². The van der Waals surface area contributed by atoms with Gasteiger partial charge in [-0.3, -0.25) is 9.78 Å². The number of fused-ring (bicyclic) bond motifs is 1. The van der Waals surface area contributed by atoms with E-state index < -0.39 is 6.10 Å². The number of pyridine rings is 1. The molecule has 1 N–H and O–H groups in total. The van der Waals surface area contributed by atoms with Gasteiger partial charge in [-0.1, -0.05) is 18.5 Å². The summed E-state index contributed by atoms with van der Waals surface area (Å²) in [5.41, 5.74) is 3.21. The highest BCUT2D eigenvalue weighted by Crippen LogP contribution is 2.31. The third-order valence-electron chi connectivity index (χ3n) is 4.54. The van der Waals surface area contributed by atoms with E-state index in [9.17, 15) is 4.79 Å². The van der Waals surface area contributed by atoms with Crippen molar-refractivity contribution < 1.29 is 14.3 Å². The maximum absolute atomic E-state index is 12.7. The molecular weight excluding hydrogens is 388 g/mol. The van der Waals surface area contributed by atoms with Gasteiger partial charge in [-0.05, 0) is 74.7 Å². The van der Waals surface area contributed by atoms with Gasteiger partial charge in [0.1, 0.15) is 17.0 Å². The summed E-state index contributed by atoms with van der Waals surface area (Å²) in [6, 6.07) is 11.1. The second-order valence-electron chi connectivity index (χ2n) is 6.98. The number of benzene rings is 2. The van der Waals surface area contributed by atoms with Crippen LogP contribution in [0.5, 0.6) is 11.5 Å². The molecule has 3 aromatic rings. The number of hydrogen-bond donors (Lipinski definition) is 1. The zero-order valence-corrected chi connectivity index (χ0v) is 17.8. The van der Waals surface area contributed by atoms with Crippen LogP contribution in [0.2, 0.25) is 5.02 Å². The summed E-state index contributed by atoms with van der Waals surface area (Å²) in [4.78, 5) is 17.2. The van der Waals surface area contributed by atoms with E-state index in [0.717, 1.165) is 28.5 Å². The summed E-state index contributed by atoms with van der Waals surface area (Å²) in [7, 11) is 0. The molecule has 0 saturated carbocycles. The number of carbonyl (C=O) groups excluding carboxylic acids is 1. The Hall–Kier alpha value is -2.79. The average molecular weight is 413 g/mol. The molecule has 0 spiro atoms. The van der Waals surface area contributed by atoms with Gasteiger partial charge < -0.3 is 14.8 Å². The minimum absolute atomic E-state index is 0.248. The van der Waals surface area contributed by atoms with Crippen molar-refractivity contribution in [2.24, 2.45) is 0 Å². The number of halogens is 1. The highest BCUT2D eigenvalue weighted by molar-refractivity contribution is 6.32. The highest BCUT2D eigenvalue weighted by Gasteiger charge is 2.18. The van der Waals surface area contributed by atoms with Crippen molar-refractivity contribution in [3.05, 3.63) is 58.7 Å². The lowest BCUT2D eigenvalue weighted by Gasteiger charge is -2.17. The number of ether oxygens (including phenoxy) is 2. The number of nitrogens with one attached hydrogen (secondary N) is 1. The van der Waals surface area contributed by atoms with Crippen LogP contribution in [0, 0.1) is 13.8 Å². The summed E-state index contributed by atoms with van der Waals surface area (Å²) >= 11 is 6.20. The van der Waals surface area contributed by atoms with Gasteiger partial charge >= 0.3 is 0 Å². The predicted octanol–water partition coefficient (Wildman–Crippen LogP) is 5.70. The quantitative estimate of drug-likeness (QED) is 0.540. The van der Waals surface area contributed by atoms with Crippen LogP contribution in [0.4, 0.5) is 5.69 Å². The average Bonchev–Trinajstić information content (AvgIpc) is 2.71. The first-order valence-corrected chi connectivity index (χ1v) is 10.0. The lowest BCUT2D eigenvalue weighted by molar-refractivity contribution is -0.122. The topological polar surface area (TPSA) is 60.5 Å². The summed E-state index contributed by atoms with van der Waals surface area (Å²) in [6.07, 6.45) is 1.94. The Balaban J connectivity index is 1.79. The fraction of sp³-hybridized carbons (Fsp3) is 0.304. The largest absolute Gasteiger partial charge is 0.491 e. The number of rotatable bonds is 7. The molecule has 1 heterocycles. The Morgan fingerprint density at radius 2 is 1.93 bits per heavy atom. The Morgan fingerprint density at radius 1 is 1.21 bits per heavy atom. The molecule has 0 aliphatic carbocycles. The molecule has 29 heavy (non-hydrogen) atoms. The molecule has 152 valence electrons. The number of aryl methyl sites for hydroxylation is 2. The lowest BCUT2D eigenvalue weighted by Crippen LogP contribution is -2.30. The molecule has 5 nitrogen and oxygen atoms in total. The van der Waals surface area contributed by atoms with E-state index in [-0.39, 0.29) is 5.91 Å². The smallest absolute Gasteiger partial charge is 0.265 e. The molecule has 1 aromatic heterocycles. The summed E-state index contributed by atoms with van der Waals surface area (Å²) < 4.78 is 11.6. The minimum Gasteiger partial charge on any atom is -0.491 e. The molecule has 6 heteroatoms. The molecule has 2 aromatic carbocycles. The van der Waals surface area contributed by atoms with E-state index in [4.69, 9.17) is 21.1 Å². The van der Waals surface area contributed by atoms with Crippen LogP contribution >= 0.6 is 11.6 Å². The van der Waals surface area contributed by atoms with Gasteiger partial charge in [-0.25, -0.2) is 0 Å². The molecule has 0 unspecified atom stereocenters. The molecule has 1 amide bonds. The minimum atomic E-state index is -0.683. The predicted molar refractivity (Wildman–Crippen MR) is 117 cm³/mol. The van der Waals surface area contributed by atoms with Crippen molar-refractivity contribution in [2.45, 2.75) is 40.2 Å². The van der Waals surface area contributed by atoms with Gasteiger partial charge in [0.15, 0.2) is 6.10 Å². The van der Waals surface area contributed by atoms with Crippen LogP contribution < -0.4 is 14.8 Å². The van der Waals surface area contributed by atoms with Gasteiger partial charge in [0.05, 0.1) is 12.3 Å². The fourth-order valence-electron chi connectivity index (χ4n) is 3.05. The SMILES string of the molecule is CCCOc1ccc(NC(=O)[C@@H](C)Oc2cc(C)c(Cl)c(C)c2)c2cccnc12. The maximum Gasteiger partial charge on any atom is 0.265 e. The maximum atomic E-state index is 12.7. The highest BCUT2D eigenvalue weighted by atomic mass is 35.5. The van der Waals surface area contributed by atoms with E-state index in [1.807, 2.05) is 50.2 Å². The Labute approximate surface area is 176 Å². The fourth-order valence-corrected chi connectivity index (χ4v) is 3.16. The lowest BCUT2D eigenvalue weighted by atomic mass is 10.1. The summed E-state index contributed by atoms with van der Waals surface area (Å²) in [5, 5.41) is 4.47. The Kier molecular flexibility index (Phi) is 6.60. The number of aromatic nitrogens is 1. The van der Waals surface area contributed by atoms with Crippen molar-refractivity contribution in [1.82, 2.24) is 4.98 Å². The Bertz CT molecular complexity index is 1010. The van der Waals surface area contributed by atoms with Crippen molar-refractivity contribution in [3.63, 3.8) is 0 Å². The molecule has 0 radical (unpaired) electrons. The van der Waals surface area contributed by atoms with E-state index in [0.29, 0.717) is 28.8 Å². The first kappa shape index (κ1) is 20.9. The molecular formula is C23H25ClN2O3. The van der Waals surface area contributed by atoms with Crippen molar-refractivity contribution >= 4 is 34.1 Å². The number of nitrogens with zero attached hydrogens (tertiary/aromatic N) is 1.